The molecule has 0 aliphatic carbocycles. The van der Waals surface area contributed by atoms with Crippen molar-refractivity contribution in [2.24, 2.45) is 0 Å². The van der Waals surface area contributed by atoms with Gasteiger partial charge in [0.05, 0.1) is 6.04 Å². The Hall–Kier alpha value is -0.620. The highest BCUT2D eigenvalue weighted by Gasteiger charge is 2.18. The Labute approximate surface area is 85.6 Å². The summed E-state index contributed by atoms with van der Waals surface area (Å²) in [5.74, 6) is 0. The molecule has 1 aromatic heterocycles. The Morgan fingerprint density at radius 1 is 1.29 bits per heavy atom. The average Bonchev–Trinajstić information content (AvgIpc) is 2.63. The number of hydrogen-bond acceptors (Lipinski definition) is 4. The van der Waals surface area contributed by atoms with Gasteiger partial charge in [0, 0.05) is 0 Å². The fourth-order valence-electron chi connectivity index (χ4n) is 1.13. The topological polar surface area (TPSA) is 37.8 Å². The Morgan fingerprint density at radius 2 is 1.93 bits per heavy atom. The average molecular weight is 221 g/mol. The number of nitrogens with one attached hydrogen (secondary N) is 1. The van der Waals surface area contributed by atoms with Gasteiger partial charge in [-0.05, 0) is 13.0 Å². The Kier molecular flexibility index (Phi) is 4.34. The van der Waals surface area contributed by atoms with Crippen molar-refractivity contribution in [2.75, 3.05) is 6.54 Å². The van der Waals surface area contributed by atoms with Gasteiger partial charge in [0.2, 0.25) is 0 Å². The quantitative estimate of drug-likeness (QED) is 0.830. The monoisotopic (exact) mass is 221 g/mol. The van der Waals surface area contributed by atoms with Gasteiger partial charge in [-0.2, -0.15) is 0 Å². The maximum atomic E-state index is 12.2. The summed E-state index contributed by atoms with van der Waals surface area (Å²) in [6.07, 6.45) is -1.69. The van der Waals surface area contributed by atoms with Crippen molar-refractivity contribution >= 4 is 11.3 Å². The number of halogens is 2. The molecule has 0 fully saturated rings. The summed E-state index contributed by atoms with van der Waals surface area (Å²) in [5.41, 5.74) is 0. The molecule has 1 heterocycles. The molecule has 1 unspecified atom stereocenters. The lowest BCUT2D eigenvalue weighted by Crippen LogP contribution is -2.19. The normalized spacial score (nSPS) is 13.5. The van der Waals surface area contributed by atoms with E-state index in [1.165, 1.54) is 0 Å². The van der Waals surface area contributed by atoms with Crippen molar-refractivity contribution in [1.29, 1.82) is 0 Å². The van der Waals surface area contributed by atoms with E-state index in [4.69, 9.17) is 0 Å². The first kappa shape index (κ1) is 11.5. The standard InChI is InChI=1S/C8H13F2N3S/c1-3-5(11-4-2)7-12-13-8(14-7)6(9)10/h5-6,11H,3-4H2,1-2H3. The molecule has 0 radical (unpaired) electrons. The first-order valence-corrected chi connectivity index (χ1v) is 5.35. The molecule has 0 aliphatic heterocycles. The third-order valence-corrected chi connectivity index (χ3v) is 2.84. The molecule has 0 saturated heterocycles. The molecular formula is C8H13F2N3S. The first-order valence-electron chi connectivity index (χ1n) is 4.53. The van der Waals surface area contributed by atoms with Gasteiger partial charge in [-0.1, -0.05) is 25.2 Å². The van der Waals surface area contributed by atoms with Crippen LogP contribution in [0.15, 0.2) is 0 Å². The number of nitrogens with zero attached hydrogens (tertiary/aromatic N) is 2. The van der Waals surface area contributed by atoms with Crippen molar-refractivity contribution in [2.45, 2.75) is 32.7 Å². The minimum atomic E-state index is -2.51. The smallest absolute Gasteiger partial charge is 0.291 e. The molecule has 3 nitrogen and oxygen atoms in total. The van der Waals surface area contributed by atoms with Gasteiger partial charge in [0.15, 0.2) is 5.01 Å². The van der Waals surface area contributed by atoms with Crippen LogP contribution in [0.4, 0.5) is 8.78 Å². The number of alkyl halides is 2. The molecule has 1 N–H and O–H groups in total. The molecule has 14 heavy (non-hydrogen) atoms. The summed E-state index contributed by atoms with van der Waals surface area (Å²) >= 11 is 0.979. The van der Waals surface area contributed by atoms with E-state index < -0.39 is 6.43 Å². The molecule has 0 saturated carbocycles. The third kappa shape index (κ3) is 2.68. The van der Waals surface area contributed by atoms with E-state index in [2.05, 4.69) is 15.5 Å². The van der Waals surface area contributed by atoms with Gasteiger partial charge in [-0.3, -0.25) is 0 Å². The predicted molar refractivity (Wildman–Crippen MR) is 51.6 cm³/mol. The van der Waals surface area contributed by atoms with Crippen LogP contribution in [-0.4, -0.2) is 16.7 Å². The minimum absolute atomic E-state index is 0.0463. The molecule has 0 aliphatic rings. The maximum Gasteiger partial charge on any atom is 0.291 e. The van der Waals surface area contributed by atoms with Crippen molar-refractivity contribution in [3.63, 3.8) is 0 Å². The molecule has 0 aromatic carbocycles. The van der Waals surface area contributed by atoms with Gasteiger partial charge in [0.25, 0.3) is 6.43 Å². The summed E-state index contributed by atoms with van der Waals surface area (Å²) in [6.45, 7) is 4.75. The van der Waals surface area contributed by atoms with Crippen LogP contribution in [0, 0.1) is 0 Å². The summed E-state index contributed by atoms with van der Waals surface area (Å²) in [7, 11) is 0. The van der Waals surface area contributed by atoms with E-state index in [1.807, 2.05) is 13.8 Å². The number of rotatable bonds is 5. The van der Waals surface area contributed by atoms with Crippen LogP contribution in [0.1, 0.15) is 42.8 Å². The maximum absolute atomic E-state index is 12.2. The number of hydrogen-bond donors (Lipinski definition) is 1. The lowest BCUT2D eigenvalue weighted by molar-refractivity contribution is 0.150. The van der Waals surface area contributed by atoms with Crippen molar-refractivity contribution in [3.8, 4) is 0 Å². The molecule has 0 bridgehead atoms. The van der Waals surface area contributed by atoms with Crippen LogP contribution in [0.2, 0.25) is 0 Å². The van der Waals surface area contributed by atoms with Crippen molar-refractivity contribution < 1.29 is 8.78 Å². The second-order valence-corrected chi connectivity index (χ2v) is 3.84. The van der Waals surface area contributed by atoms with Crippen LogP contribution in [0.5, 0.6) is 0 Å². The van der Waals surface area contributed by atoms with E-state index in [-0.39, 0.29) is 11.0 Å². The molecule has 6 heteroatoms. The van der Waals surface area contributed by atoms with E-state index in [0.717, 1.165) is 24.3 Å². The largest absolute Gasteiger partial charge is 0.308 e. The zero-order chi connectivity index (χ0) is 10.6. The number of aromatic nitrogens is 2. The molecule has 0 spiro atoms. The highest BCUT2D eigenvalue weighted by Crippen LogP contribution is 2.26. The van der Waals surface area contributed by atoms with Gasteiger partial charge < -0.3 is 5.32 Å². The van der Waals surface area contributed by atoms with E-state index in [0.29, 0.717) is 5.01 Å². The minimum Gasteiger partial charge on any atom is -0.308 e. The molecule has 80 valence electrons. The highest BCUT2D eigenvalue weighted by atomic mass is 32.1. The molecule has 0 amide bonds. The summed E-state index contributed by atoms with van der Waals surface area (Å²) in [4.78, 5) is 0. The Balaban J connectivity index is 2.73. The van der Waals surface area contributed by atoms with Crippen LogP contribution in [-0.2, 0) is 0 Å². The van der Waals surface area contributed by atoms with Crippen molar-refractivity contribution in [3.05, 3.63) is 10.0 Å². The lowest BCUT2D eigenvalue weighted by atomic mass is 10.2. The zero-order valence-electron chi connectivity index (χ0n) is 8.13. The van der Waals surface area contributed by atoms with Crippen LogP contribution in [0.3, 0.4) is 0 Å². The lowest BCUT2D eigenvalue weighted by Gasteiger charge is -2.10. The zero-order valence-corrected chi connectivity index (χ0v) is 8.94. The summed E-state index contributed by atoms with van der Waals surface area (Å²) in [6, 6.07) is 0.0463. The molecule has 1 aromatic rings. The van der Waals surface area contributed by atoms with E-state index in [9.17, 15) is 8.78 Å². The van der Waals surface area contributed by atoms with Crippen LogP contribution in [0.25, 0.3) is 0 Å². The van der Waals surface area contributed by atoms with Gasteiger partial charge in [0.1, 0.15) is 5.01 Å². The third-order valence-electron chi connectivity index (χ3n) is 1.80. The fraction of sp³-hybridized carbons (Fsp3) is 0.750. The van der Waals surface area contributed by atoms with Gasteiger partial charge in [-0.15, -0.1) is 10.2 Å². The predicted octanol–water partition coefficient (Wildman–Crippen LogP) is 2.54. The van der Waals surface area contributed by atoms with Crippen LogP contribution >= 0.6 is 11.3 Å². The summed E-state index contributed by atoms with van der Waals surface area (Å²) in [5, 5.41) is 10.8. The van der Waals surface area contributed by atoms with Crippen molar-refractivity contribution in [1.82, 2.24) is 15.5 Å². The fourth-order valence-corrected chi connectivity index (χ4v) is 1.99. The van der Waals surface area contributed by atoms with E-state index in [1.54, 1.807) is 0 Å². The first-order chi connectivity index (χ1) is 6.69. The molecular weight excluding hydrogens is 208 g/mol. The Morgan fingerprint density at radius 3 is 2.36 bits per heavy atom. The van der Waals surface area contributed by atoms with Gasteiger partial charge in [-0.25, -0.2) is 8.78 Å². The molecule has 1 rings (SSSR count). The molecule has 1 atom stereocenters. The summed E-state index contributed by atoms with van der Waals surface area (Å²) < 4.78 is 24.4. The second kappa shape index (κ2) is 5.31. The van der Waals surface area contributed by atoms with E-state index >= 15 is 0 Å². The SMILES string of the molecule is CCNC(CC)c1nnc(C(F)F)s1. The second-order valence-electron chi connectivity index (χ2n) is 2.80. The Bertz CT molecular complexity index is 277. The highest BCUT2D eigenvalue weighted by molar-refractivity contribution is 7.11. The van der Waals surface area contributed by atoms with Gasteiger partial charge >= 0.3 is 0 Å². The van der Waals surface area contributed by atoms with Crippen LogP contribution < -0.4 is 5.32 Å².